The molecule has 1 saturated carbocycles. The van der Waals surface area contributed by atoms with Crippen molar-refractivity contribution in [2.45, 2.75) is 45.8 Å². The van der Waals surface area contributed by atoms with Crippen LogP contribution in [0.25, 0.3) is 11.1 Å². The van der Waals surface area contributed by atoms with Crippen LogP contribution >= 0.6 is 0 Å². The molecule has 140 valence electrons. The highest BCUT2D eigenvalue weighted by Gasteiger charge is 2.28. The molecule has 1 N–H and O–H groups in total. The standard InChI is InChI=1S/C21H23N3O3/c1-3-26-12-16-7-5-4-6-15(16)11-22-20(25)17-10-18(14-8-9-14)23-21-19(17)13(2)24-27-21/h4-7,10,14H,3,8-9,11-12H2,1-2H3,(H,22,25). The summed E-state index contributed by atoms with van der Waals surface area (Å²) in [6.45, 7) is 5.44. The third-order valence-electron chi connectivity index (χ3n) is 4.90. The second-order valence-electron chi connectivity index (χ2n) is 6.91. The van der Waals surface area contributed by atoms with Gasteiger partial charge in [-0.1, -0.05) is 29.4 Å². The van der Waals surface area contributed by atoms with E-state index in [4.69, 9.17) is 9.26 Å². The number of carbonyl (C=O) groups is 1. The molecule has 0 saturated heterocycles. The Morgan fingerprint density at radius 2 is 2.07 bits per heavy atom. The monoisotopic (exact) mass is 365 g/mol. The van der Waals surface area contributed by atoms with E-state index in [1.165, 1.54) is 0 Å². The summed E-state index contributed by atoms with van der Waals surface area (Å²) in [7, 11) is 0. The number of hydrogen-bond donors (Lipinski definition) is 1. The van der Waals surface area contributed by atoms with Crippen molar-refractivity contribution in [2.75, 3.05) is 6.61 Å². The quantitative estimate of drug-likeness (QED) is 0.688. The summed E-state index contributed by atoms with van der Waals surface area (Å²) in [6.07, 6.45) is 2.22. The van der Waals surface area contributed by atoms with Crippen molar-refractivity contribution in [3.05, 3.63) is 58.4 Å². The fourth-order valence-corrected chi connectivity index (χ4v) is 3.23. The van der Waals surface area contributed by atoms with E-state index in [0.29, 0.717) is 48.0 Å². The van der Waals surface area contributed by atoms with Crippen molar-refractivity contribution in [1.82, 2.24) is 15.5 Å². The average Bonchev–Trinajstić information content (AvgIpc) is 3.48. The number of aryl methyl sites for hydroxylation is 1. The van der Waals surface area contributed by atoms with Gasteiger partial charge in [-0.15, -0.1) is 0 Å². The number of nitrogens with one attached hydrogen (secondary N) is 1. The maximum atomic E-state index is 13.0. The predicted octanol–water partition coefficient (Wildman–Crippen LogP) is 3.88. The number of ether oxygens (including phenoxy) is 1. The molecule has 6 heteroatoms. The van der Waals surface area contributed by atoms with E-state index in [1.54, 1.807) is 0 Å². The zero-order valence-electron chi connectivity index (χ0n) is 15.6. The molecule has 0 radical (unpaired) electrons. The normalized spacial score (nSPS) is 13.9. The molecule has 2 aromatic heterocycles. The molecule has 2 heterocycles. The Morgan fingerprint density at radius 1 is 1.30 bits per heavy atom. The zero-order valence-corrected chi connectivity index (χ0v) is 15.6. The average molecular weight is 365 g/mol. The second kappa shape index (κ2) is 7.48. The van der Waals surface area contributed by atoms with Gasteiger partial charge in [0, 0.05) is 24.8 Å². The van der Waals surface area contributed by atoms with E-state index >= 15 is 0 Å². The van der Waals surface area contributed by atoms with Gasteiger partial charge >= 0.3 is 0 Å². The summed E-state index contributed by atoms with van der Waals surface area (Å²) in [6, 6.07) is 9.88. The third kappa shape index (κ3) is 3.71. The largest absolute Gasteiger partial charge is 0.377 e. The second-order valence-corrected chi connectivity index (χ2v) is 6.91. The molecule has 0 bridgehead atoms. The highest BCUT2D eigenvalue weighted by molar-refractivity contribution is 6.06. The van der Waals surface area contributed by atoms with Crippen LogP contribution in [-0.2, 0) is 17.9 Å². The molecule has 0 atom stereocenters. The van der Waals surface area contributed by atoms with Crippen molar-refractivity contribution in [1.29, 1.82) is 0 Å². The van der Waals surface area contributed by atoms with Gasteiger partial charge in [0.2, 0.25) is 0 Å². The van der Waals surface area contributed by atoms with Gasteiger partial charge in [-0.05, 0) is 43.9 Å². The number of pyridine rings is 1. The number of nitrogens with zero attached hydrogens (tertiary/aromatic N) is 2. The lowest BCUT2D eigenvalue weighted by molar-refractivity contribution is 0.0951. The summed E-state index contributed by atoms with van der Waals surface area (Å²) in [5.74, 6) is 0.292. The fraction of sp³-hybridized carbons (Fsp3) is 0.381. The number of benzene rings is 1. The Morgan fingerprint density at radius 3 is 2.81 bits per heavy atom. The van der Waals surface area contributed by atoms with Crippen LogP contribution < -0.4 is 5.32 Å². The summed E-state index contributed by atoms with van der Waals surface area (Å²) in [5.41, 5.74) is 4.76. The Hall–Kier alpha value is -2.73. The minimum absolute atomic E-state index is 0.137. The molecule has 0 aliphatic heterocycles. The first-order valence-electron chi connectivity index (χ1n) is 9.37. The van der Waals surface area contributed by atoms with Crippen LogP contribution in [0.4, 0.5) is 0 Å². The molecular formula is C21H23N3O3. The Kier molecular flexibility index (Phi) is 4.90. The molecule has 4 rings (SSSR count). The number of fused-ring (bicyclic) bond motifs is 1. The number of rotatable bonds is 7. The van der Waals surface area contributed by atoms with Crippen LogP contribution in [0.2, 0.25) is 0 Å². The Balaban J connectivity index is 1.58. The van der Waals surface area contributed by atoms with E-state index in [1.807, 2.05) is 44.2 Å². The number of hydrogen-bond acceptors (Lipinski definition) is 5. The molecule has 6 nitrogen and oxygen atoms in total. The van der Waals surface area contributed by atoms with E-state index in [9.17, 15) is 4.79 Å². The van der Waals surface area contributed by atoms with Gasteiger partial charge in [-0.3, -0.25) is 4.79 Å². The van der Waals surface area contributed by atoms with Crippen molar-refractivity contribution < 1.29 is 14.1 Å². The number of amides is 1. The number of carbonyl (C=O) groups excluding carboxylic acids is 1. The van der Waals surface area contributed by atoms with Crippen molar-refractivity contribution in [2.24, 2.45) is 0 Å². The molecule has 1 amide bonds. The van der Waals surface area contributed by atoms with Crippen molar-refractivity contribution in [3.63, 3.8) is 0 Å². The van der Waals surface area contributed by atoms with Gasteiger partial charge < -0.3 is 14.6 Å². The van der Waals surface area contributed by atoms with Crippen molar-refractivity contribution >= 4 is 17.0 Å². The molecule has 0 unspecified atom stereocenters. The highest BCUT2D eigenvalue weighted by atomic mass is 16.5. The van der Waals surface area contributed by atoms with E-state index < -0.39 is 0 Å². The fourth-order valence-electron chi connectivity index (χ4n) is 3.23. The van der Waals surface area contributed by atoms with Crippen molar-refractivity contribution in [3.8, 4) is 0 Å². The first-order chi connectivity index (χ1) is 13.2. The smallest absolute Gasteiger partial charge is 0.259 e. The molecule has 1 aromatic carbocycles. The van der Waals surface area contributed by atoms with Gasteiger partial charge in [-0.2, -0.15) is 0 Å². The lowest BCUT2D eigenvalue weighted by Gasteiger charge is -2.11. The topological polar surface area (TPSA) is 77.2 Å². The molecule has 0 spiro atoms. The van der Waals surface area contributed by atoms with Gasteiger partial charge in [0.15, 0.2) is 0 Å². The SMILES string of the molecule is CCOCc1ccccc1CNC(=O)c1cc(C2CC2)nc2onc(C)c12. The third-order valence-corrected chi connectivity index (χ3v) is 4.90. The van der Waals surface area contributed by atoms with Gasteiger partial charge in [0.25, 0.3) is 11.6 Å². The van der Waals surface area contributed by atoms with Gasteiger partial charge in [0.1, 0.15) is 0 Å². The summed E-state index contributed by atoms with van der Waals surface area (Å²) < 4.78 is 10.8. The van der Waals surface area contributed by atoms with Gasteiger partial charge in [0.05, 0.1) is 23.3 Å². The molecule has 1 aliphatic rings. The van der Waals surface area contributed by atoms with E-state index in [-0.39, 0.29) is 5.91 Å². The van der Waals surface area contributed by atoms with E-state index in [0.717, 1.165) is 29.7 Å². The first kappa shape index (κ1) is 17.7. The maximum absolute atomic E-state index is 13.0. The summed E-state index contributed by atoms with van der Waals surface area (Å²) >= 11 is 0. The van der Waals surface area contributed by atoms with Crippen LogP contribution in [0.1, 0.15) is 58.6 Å². The van der Waals surface area contributed by atoms with Crippen LogP contribution in [-0.4, -0.2) is 22.7 Å². The molecule has 27 heavy (non-hydrogen) atoms. The lowest BCUT2D eigenvalue weighted by atomic mass is 10.1. The lowest BCUT2D eigenvalue weighted by Crippen LogP contribution is -2.24. The molecule has 1 fully saturated rings. The van der Waals surface area contributed by atoms with Gasteiger partial charge in [-0.25, -0.2) is 4.98 Å². The predicted molar refractivity (Wildman–Crippen MR) is 101 cm³/mol. The Bertz CT molecular complexity index is 976. The molecule has 1 aliphatic carbocycles. The Labute approximate surface area is 157 Å². The zero-order chi connectivity index (χ0) is 18.8. The van der Waals surface area contributed by atoms with Crippen LogP contribution in [0, 0.1) is 6.92 Å². The number of aromatic nitrogens is 2. The minimum Gasteiger partial charge on any atom is -0.377 e. The highest BCUT2D eigenvalue weighted by Crippen LogP contribution is 2.40. The van der Waals surface area contributed by atoms with Crippen LogP contribution in [0.15, 0.2) is 34.9 Å². The van der Waals surface area contributed by atoms with Crippen LogP contribution in [0.5, 0.6) is 0 Å². The minimum atomic E-state index is -0.137. The summed E-state index contributed by atoms with van der Waals surface area (Å²) in [4.78, 5) is 17.5. The summed E-state index contributed by atoms with van der Waals surface area (Å²) in [5, 5.41) is 7.72. The van der Waals surface area contributed by atoms with E-state index in [2.05, 4.69) is 15.5 Å². The maximum Gasteiger partial charge on any atom is 0.259 e. The van der Waals surface area contributed by atoms with Crippen LogP contribution in [0.3, 0.4) is 0 Å². The molecular weight excluding hydrogens is 342 g/mol. The molecule has 3 aromatic rings. The first-order valence-corrected chi connectivity index (χ1v) is 9.37.